The van der Waals surface area contributed by atoms with E-state index >= 15 is 0 Å². The molecule has 2 aromatic heterocycles. The van der Waals surface area contributed by atoms with E-state index in [1.54, 1.807) is 29.8 Å². The molecule has 1 amide bonds. The number of thiophene rings is 2. The zero-order valence-electron chi connectivity index (χ0n) is 14.3. The van der Waals surface area contributed by atoms with Gasteiger partial charge in [0.25, 0.3) is 5.91 Å². The highest BCUT2D eigenvalue weighted by molar-refractivity contribution is 7.16. The van der Waals surface area contributed by atoms with E-state index in [9.17, 15) is 4.79 Å². The van der Waals surface area contributed by atoms with Gasteiger partial charge in [-0.2, -0.15) is 0 Å². The fourth-order valence-electron chi connectivity index (χ4n) is 3.13. The number of amides is 1. The number of rotatable bonds is 5. The number of methoxy groups -OCH3 is 1. The van der Waals surface area contributed by atoms with Crippen molar-refractivity contribution in [3.8, 4) is 5.75 Å². The number of aryl methyl sites for hydroxylation is 1. The number of hydrogen-bond acceptors (Lipinski definition) is 5. The van der Waals surface area contributed by atoms with Crippen LogP contribution in [0.3, 0.4) is 0 Å². The second kappa shape index (κ2) is 7.43. The van der Waals surface area contributed by atoms with Gasteiger partial charge < -0.3 is 10.1 Å². The molecule has 4 nitrogen and oxygen atoms in total. The number of aliphatic imine (C=N–C) groups is 1. The van der Waals surface area contributed by atoms with Crippen LogP contribution in [0.1, 0.15) is 32.1 Å². The summed E-state index contributed by atoms with van der Waals surface area (Å²) in [5, 5.41) is 5.81. The first-order chi connectivity index (χ1) is 12.8. The van der Waals surface area contributed by atoms with Gasteiger partial charge in [0, 0.05) is 16.0 Å². The molecule has 0 aliphatic heterocycles. The van der Waals surface area contributed by atoms with E-state index in [2.05, 4.69) is 10.3 Å². The van der Waals surface area contributed by atoms with Crippen molar-refractivity contribution in [2.24, 2.45) is 4.99 Å². The summed E-state index contributed by atoms with van der Waals surface area (Å²) in [4.78, 5) is 20.0. The summed E-state index contributed by atoms with van der Waals surface area (Å²) in [5.74, 6) is 0.531. The lowest BCUT2D eigenvalue weighted by atomic mass is 10.1. The molecule has 132 valence electrons. The van der Waals surface area contributed by atoms with Crippen molar-refractivity contribution < 1.29 is 9.53 Å². The molecule has 0 unspecified atom stereocenters. The summed E-state index contributed by atoms with van der Waals surface area (Å²) in [6.45, 7) is 0. The van der Waals surface area contributed by atoms with Crippen LogP contribution in [0.25, 0.3) is 0 Å². The minimum absolute atomic E-state index is 0.118. The number of carbonyl (C=O) groups excluding carboxylic acids is 1. The van der Waals surface area contributed by atoms with Gasteiger partial charge in [0.1, 0.15) is 10.8 Å². The average Bonchev–Trinajstić information content (AvgIpc) is 3.37. The zero-order valence-corrected chi connectivity index (χ0v) is 16.0. The second-order valence-electron chi connectivity index (χ2n) is 5.97. The maximum Gasteiger partial charge on any atom is 0.259 e. The summed E-state index contributed by atoms with van der Waals surface area (Å²) in [7, 11) is 1.60. The Morgan fingerprint density at radius 3 is 2.92 bits per heavy atom. The molecule has 0 bridgehead atoms. The first-order valence-corrected chi connectivity index (χ1v) is 10.1. The molecular formula is C20H18N2O2S2. The Morgan fingerprint density at radius 2 is 2.12 bits per heavy atom. The predicted octanol–water partition coefficient (Wildman–Crippen LogP) is 5.31. The lowest BCUT2D eigenvalue weighted by Crippen LogP contribution is -2.13. The van der Waals surface area contributed by atoms with E-state index in [0.29, 0.717) is 17.0 Å². The van der Waals surface area contributed by atoms with Crippen LogP contribution >= 0.6 is 22.7 Å². The first-order valence-electron chi connectivity index (χ1n) is 8.42. The van der Waals surface area contributed by atoms with Crippen LogP contribution in [0.5, 0.6) is 5.75 Å². The Morgan fingerprint density at radius 1 is 1.23 bits per heavy atom. The smallest absolute Gasteiger partial charge is 0.259 e. The van der Waals surface area contributed by atoms with Crippen molar-refractivity contribution in [3.05, 3.63) is 62.7 Å². The van der Waals surface area contributed by atoms with E-state index < -0.39 is 0 Å². The molecule has 0 spiro atoms. The first kappa shape index (κ1) is 17.0. The summed E-state index contributed by atoms with van der Waals surface area (Å²) in [5.41, 5.74) is 2.54. The van der Waals surface area contributed by atoms with Gasteiger partial charge in [0.2, 0.25) is 0 Å². The predicted molar refractivity (Wildman–Crippen MR) is 109 cm³/mol. The number of ether oxygens (including phenoxy) is 1. The maximum atomic E-state index is 13.1. The van der Waals surface area contributed by atoms with Crippen LogP contribution in [-0.4, -0.2) is 19.2 Å². The number of para-hydroxylation sites is 2. The lowest BCUT2D eigenvalue weighted by Gasteiger charge is -2.10. The minimum Gasteiger partial charge on any atom is -0.495 e. The van der Waals surface area contributed by atoms with E-state index in [0.717, 1.165) is 34.7 Å². The fraction of sp³-hybridized carbons (Fsp3) is 0.200. The summed E-state index contributed by atoms with van der Waals surface area (Å²) in [6, 6.07) is 11.5. The largest absolute Gasteiger partial charge is 0.495 e. The van der Waals surface area contributed by atoms with Gasteiger partial charge in [-0.15, -0.1) is 22.7 Å². The van der Waals surface area contributed by atoms with Crippen molar-refractivity contribution in [3.63, 3.8) is 0 Å². The van der Waals surface area contributed by atoms with Crippen molar-refractivity contribution >= 4 is 45.5 Å². The van der Waals surface area contributed by atoms with Crippen LogP contribution in [-0.2, 0) is 12.8 Å². The normalized spacial score (nSPS) is 13.1. The summed E-state index contributed by atoms with van der Waals surface area (Å²) < 4.78 is 5.34. The maximum absolute atomic E-state index is 13.1. The van der Waals surface area contributed by atoms with E-state index in [1.165, 1.54) is 4.88 Å². The van der Waals surface area contributed by atoms with Gasteiger partial charge in [0.05, 0.1) is 18.4 Å². The summed E-state index contributed by atoms with van der Waals surface area (Å²) >= 11 is 3.27. The number of fused-ring (bicyclic) bond motifs is 1. The van der Waals surface area contributed by atoms with Gasteiger partial charge in [-0.1, -0.05) is 18.2 Å². The fourth-order valence-corrected chi connectivity index (χ4v) is 4.95. The molecule has 4 rings (SSSR count). The monoisotopic (exact) mass is 382 g/mol. The van der Waals surface area contributed by atoms with Gasteiger partial charge in [-0.05, 0) is 48.4 Å². The quantitative estimate of drug-likeness (QED) is 0.608. The van der Waals surface area contributed by atoms with Gasteiger partial charge in [-0.25, -0.2) is 4.99 Å². The highest BCUT2D eigenvalue weighted by Gasteiger charge is 2.26. The summed E-state index contributed by atoms with van der Waals surface area (Å²) in [6.07, 6.45) is 4.91. The molecule has 1 N–H and O–H groups in total. The number of nitrogens with zero attached hydrogens (tertiary/aromatic N) is 1. The molecular weight excluding hydrogens is 364 g/mol. The molecule has 3 aromatic rings. The molecule has 0 fully saturated rings. The van der Waals surface area contributed by atoms with Crippen molar-refractivity contribution in [1.29, 1.82) is 0 Å². The molecule has 1 aliphatic rings. The van der Waals surface area contributed by atoms with Crippen molar-refractivity contribution in [2.75, 3.05) is 12.4 Å². The van der Waals surface area contributed by atoms with Gasteiger partial charge in [-0.3, -0.25) is 4.79 Å². The molecule has 0 saturated heterocycles. The standard InChI is InChI=1S/C20H18N2O2S2/c1-24-16-9-3-2-8-15(16)22-19(23)18-14-7-4-10-17(14)26-20(18)21-12-13-6-5-11-25-13/h2-3,5-6,8-9,11-12H,4,7,10H2,1H3,(H,22,23). The van der Waals surface area contributed by atoms with Crippen LogP contribution < -0.4 is 10.1 Å². The molecule has 1 aliphatic carbocycles. The van der Waals surface area contributed by atoms with Crippen LogP contribution in [0.2, 0.25) is 0 Å². The zero-order chi connectivity index (χ0) is 17.9. The number of carbonyl (C=O) groups is 1. The highest BCUT2D eigenvalue weighted by atomic mass is 32.1. The Labute approximate surface area is 160 Å². The van der Waals surface area contributed by atoms with E-state index in [-0.39, 0.29) is 5.91 Å². The van der Waals surface area contributed by atoms with Gasteiger partial charge in [0.15, 0.2) is 0 Å². The van der Waals surface area contributed by atoms with Crippen LogP contribution in [0.15, 0.2) is 46.8 Å². The Bertz CT molecular complexity index is 958. The third-order valence-corrected chi connectivity index (χ3v) is 6.34. The minimum atomic E-state index is -0.118. The third-order valence-electron chi connectivity index (χ3n) is 4.34. The molecule has 6 heteroatoms. The highest BCUT2D eigenvalue weighted by Crippen LogP contribution is 2.41. The molecule has 0 atom stereocenters. The third kappa shape index (κ3) is 3.30. The number of anilines is 1. The van der Waals surface area contributed by atoms with E-state index in [4.69, 9.17) is 4.74 Å². The molecule has 0 radical (unpaired) electrons. The van der Waals surface area contributed by atoms with Crippen LogP contribution in [0.4, 0.5) is 10.7 Å². The Kier molecular flexibility index (Phi) is 4.86. The Balaban J connectivity index is 1.67. The molecule has 1 aromatic carbocycles. The van der Waals surface area contributed by atoms with Crippen molar-refractivity contribution in [1.82, 2.24) is 0 Å². The lowest BCUT2D eigenvalue weighted by molar-refractivity contribution is 0.102. The van der Waals surface area contributed by atoms with E-state index in [1.807, 2.05) is 48.0 Å². The number of benzene rings is 1. The Hall–Kier alpha value is -2.44. The SMILES string of the molecule is COc1ccccc1NC(=O)c1c(N=Cc2cccs2)sc2c1CCC2. The molecule has 0 saturated carbocycles. The number of hydrogen-bond donors (Lipinski definition) is 1. The number of nitrogens with one attached hydrogen (secondary N) is 1. The molecule has 2 heterocycles. The second-order valence-corrected chi connectivity index (χ2v) is 8.03. The average molecular weight is 383 g/mol. The molecule has 26 heavy (non-hydrogen) atoms. The van der Waals surface area contributed by atoms with Gasteiger partial charge >= 0.3 is 0 Å². The topological polar surface area (TPSA) is 50.7 Å². The van der Waals surface area contributed by atoms with Crippen molar-refractivity contribution in [2.45, 2.75) is 19.3 Å². The van der Waals surface area contributed by atoms with Crippen LogP contribution in [0, 0.1) is 0 Å².